The van der Waals surface area contributed by atoms with Crippen LogP contribution in [0.3, 0.4) is 0 Å². The summed E-state index contributed by atoms with van der Waals surface area (Å²) in [4.78, 5) is 17.3. The lowest BCUT2D eigenvalue weighted by Crippen LogP contribution is -2.43. The third kappa shape index (κ3) is 3.11. The number of nitrogens with zero attached hydrogens (tertiary/aromatic N) is 1. The van der Waals surface area contributed by atoms with Crippen molar-refractivity contribution < 1.29 is 9.18 Å². The molecule has 1 atom stereocenters. The number of pyridine rings is 1. The van der Waals surface area contributed by atoms with Crippen molar-refractivity contribution in [3.63, 3.8) is 0 Å². The van der Waals surface area contributed by atoms with E-state index in [1.807, 2.05) is 31.2 Å². The summed E-state index contributed by atoms with van der Waals surface area (Å²) in [5.74, 6) is -0.321. The van der Waals surface area contributed by atoms with E-state index in [1.165, 1.54) is 12.1 Å². The third-order valence-electron chi connectivity index (χ3n) is 4.75. The fraction of sp³-hybridized carbons (Fsp3) is 0.368. The average molecular weight is 312 g/mol. The van der Waals surface area contributed by atoms with E-state index in [1.54, 1.807) is 12.3 Å². The lowest BCUT2D eigenvalue weighted by molar-refractivity contribution is -0.127. The van der Waals surface area contributed by atoms with E-state index in [2.05, 4.69) is 10.3 Å². The zero-order valence-electron chi connectivity index (χ0n) is 13.3. The monoisotopic (exact) mass is 312 g/mol. The Morgan fingerprint density at radius 1 is 1.22 bits per heavy atom. The van der Waals surface area contributed by atoms with Crippen LogP contribution in [0.5, 0.6) is 0 Å². The number of carbonyl (C=O) groups is 1. The molecule has 0 aliphatic heterocycles. The van der Waals surface area contributed by atoms with E-state index in [9.17, 15) is 9.18 Å². The molecule has 3 nitrogen and oxygen atoms in total. The molecule has 1 N–H and O–H groups in total. The highest BCUT2D eigenvalue weighted by Gasteiger charge is 2.43. The van der Waals surface area contributed by atoms with Crippen LogP contribution in [0.4, 0.5) is 4.39 Å². The normalized spacial score (nSPS) is 17.7. The van der Waals surface area contributed by atoms with Gasteiger partial charge in [-0.15, -0.1) is 0 Å². The van der Waals surface area contributed by atoms with Gasteiger partial charge in [-0.05, 0) is 49.6 Å². The number of aromatic nitrogens is 1. The van der Waals surface area contributed by atoms with Crippen molar-refractivity contribution in [3.05, 3.63) is 65.7 Å². The second-order valence-electron chi connectivity index (χ2n) is 6.25. The molecule has 0 spiro atoms. The van der Waals surface area contributed by atoms with Crippen LogP contribution in [0.15, 0.2) is 48.7 Å². The molecule has 0 bridgehead atoms. The van der Waals surface area contributed by atoms with E-state index in [-0.39, 0.29) is 17.8 Å². The minimum atomic E-state index is -0.620. The number of hydrogen-bond acceptors (Lipinski definition) is 2. The van der Waals surface area contributed by atoms with Gasteiger partial charge in [0.05, 0.1) is 17.2 Å². The van der Waals surface area contributed by atoms with E-state index in [0.29, 0.717) is 0 Å². The molecule has 1 aliphatic rings. The summed E-state index contributed by atoms with van der Waals surface area (Å²) in [5, 5.41) is 3.07. The molecule has 1 aromatic carbocycles. The standard InChI is InChI=1S/C19H21FN2O/c1-14(17-9-2-5-12-21-17)22-18(23)19(10-3-4-11-19)15-7-6-8-16(20)13-15/h2,5-9,12-14H,3-4,10-11H2,1H3,(H,22,23)/t14-/m0/s1. The molecular weight excluding hydrogens is 291 g/mol. The molecule has 0 saturated heterocycles. The van der Waals surface area contributed by atoms with Gasteiger partial charge < -0.3 is 5.32 Å². The van der Waals surface area contributed by atoms with Gasteiger partial charge in [-0.2, -0.15) is 0 Å². The Hall–Kier alpha value is -2.23. The largest absolute Gasteiger partial charge is 0.347 e. The highest BCUT2D eigenvalue weighted by Crippen LogP contribution is 2.42. The third-order valence-corrected chi connectivity index (χ3v) is 4.75. The van der Waals surface area contributed by atoms with Crippen LogP contribution in [0.1, 0.15) is 49.9 Å². The van der Waals surface area contributed by atoms with E-state index < -0.39 is 5.41 Å². The molecule has 1 aromatic heterocycles. The summed E-state index contributed by atoms with van der Waals surface area (Å²) in [5.41, 5.74) is 0.986. The SMILES string of the molecule is C[C@H](NC(=O)C1(c2cccc(F)c2)CCCC1)c1ccccn1. The molecule has 4 heteroatoms. The topological polar surface area (TPSA) is 42.0 Å². The predicted molar refractivity (Wildman–Crippen MR) is 87.3 cm³/mol. The second-order valence-corrected chi connectivity index (χ2v) is 6.25. The highest BCUT2D eigenvalue weighted by atomic mass is 19.1. The summed E-state index contributed by atoms with van der Waals surface area (Å²) in [7, 11) is 0. The maximum Gasteiger partial charge on any atom is 0.231 e. The van der Waals surface area contributed by atoms with Crippen LogP contribution in [0.25, 0.3) is 0 Å². The van der Waals surface area contributed by atoms with E-state index >= 15 is 0 Å². The summed E-state index contributed by atoms with van der Waals surface area (Å²) < 4.78 is 13.6. The Balaban J connectivity index is 1.85. The van der Waals surface area contributed by atoms with E-state index in [0.717, 1.165) is 36.9 Å². The van der Waals surface area contributed by atoms with Gasteiger partial charge in [0.15, 0.2) is 0 Å². The smallest absolute Gasteiger partial charge is 0.231 e. The number of carbonyl (C=O) groups excluding carboxylic acids is 1. The first-order valence-corrected chi connectivity index (χ1v) is 8.10. The fourth-order valence-electron chi connectivity index (χ4n) is 3.45. The highest BCUT2D eigenvalue weighted by molar-refractivity contribution is 5.88. The van der Waals surface area contributed by atoms with Crippen LogP contribution in [0.2, 0.25) is 0 Å². The minimum absolute atomic E-state index is 0.0289. The van der Waals surface area contributed by atoms with Crippen LogP contribution in [-0.2, 0) is 10.2 Å². The molecule has 0 unspecified atom stereocenters. The Kier molecular flexibility index (Phi) is 4.42. The molecule has 0 radical (unpaired) electrons. The van der Waals surface area contributed by atoms with Gasteiger partial charge in [0.1, 0.15) is 5.82 Å². The molecule has 2 aromatic rings. The average Bonchev–Trinajstić information content (AvgIpc) is 3.06. The van der Waals surface area contributed by atoms with Gasteiger partial charge in [-0.25, -0.2) is 4.39 Å². The van der Waals surface area contributed by atoms with Crippen LogP contribution < -0.4 is 5.32 Å². The second kappa shape index (κ2) is 6.49. The van der Waals surface area contributed by atoms with Crippen molar-refractivity contribution in [1.82, 2.24) is 10.3 Å². The summed E-state index contributed by atoms with van der Waals surface area (Å²) in [6.45, 7) is 1.93. The van der Waals surface area contributed by atoms with Crippen LogP contribution in [0, 0.1) is 5.82 Å². The van der Waals surface area contributed by atoms with Crippen molar-refractivity contribution in [1.29, 1.82) is 0 Å². The van der Waals surface area contributed by atoms with Gasteiger partial charge in [0, 0.05) is 6.20 Å². The first-order chi connectivity index (χ1) is 11.1. The first-order valence-electron chi connectivity index (χ1n) is 8.10. The van der Waals surface area contributed by atoms with E-state index in [4.69, 9.17) is 0 Å². The lowest BCUT2D eigenvalue weighted by atomic mass is 9.77. The molecule has 1 aliphatic carbocycles. The fourth-order valence-corrected chi connectivity index (χ4v) is 3.45. The van der Waals surface area contributed by atoms with Crippen molar-refractivity contribution >= 4 is 5.91 Å². The number of benzene rings is 1. The Bertz CT molecular complexity index is 681. The summed E-state index contributed by atoms with van der Waals surface area (Å²) >= 11 is 0. The summed E-state index contributed by atoms with van der Waals surface area (Å²) in [6.07, 6.45) is 5.22. The number of halogens is 1. The molecule has 23 heavy (non-hydrogen) atoms. The first kappa shape index (κ1) is 15.7. The van der Waals surface area contributed by atoms with Crippen molar-refractivity contribution in [3.8, 4) is 0 Å². The molecule has 1 saturated carbocycles. The van der Waals surface area contributed by atoms with Gasteiger partial charge in [0.25, 0.3) is 0 Å². The lowest BCUT2D eigenvalue weighted by Gasteiger charge is -2.30. The molecular formula is C19H21FN2O. The van der Waals surface area contributed by atoms with Crippen LogP contribution >= 0.6 is 0 Å². The molecule has 120 valence electrons. The van der Waals surface area contributed by atoms with Gasteiger partial charge in [0.2, 0.25) is 5.91 Å². The maximum atomic E-state index is 13.6. The van der Waals surface area contributed by atoms with Gasteiger partial charge in [-0.1, -0.05) is 31.0 Å². The Morgan fingerprint density at radius 3 is 2.65 bits per heavy atom. The number of rotatable bonds is 4. The zero-order valence-corrected chi connectivity index (χ0v) is 13.3. The Morgan fingerprint density at radius 2 is 2.00 bits per heavy atom. The number of hydrogen-bond donors (Lipinski definition) is 1. The van der Waals surface area contributed by atoms with Crippen LogP contribution in [-0.4, -0.2) is 10.9 Å². The predicted octanol–water partition coefficient (Wildman–Crippen LogP) is 3.91. The number of nitrogens with one attached hydrogen (secondary N) is 1. The maximum absolute atomic E-state index is 13.6. The molecule has 1 amide bonds. The zero-order chi connectivity index (χ0) is 16.3. The summed E-state index contributed by atoms with van der Waals surface area (Å²) in [6, 6.07) is 11.9. The molecule has 1 heterocycles. The Labute approximate surface area is 135 Å². The quantitative estimate of drug-likeness (QED) is 0.930. The molecule has 1 fully saturated rings. The number of amides is 1. The van der Waals surface area contributed by atoms with Crippen molar-refractivity contribution in [2.75, 3.05) is 0 Å². The molecule has 3 rings (SSSR count). The van der Waals surface area contributed by atoms with Crippen molar-refractivity contribution in [2.45, 2.75) is 44.1 Å². The van der Waals surface area contributed by atoms with Crippen molar-refractivity contribution in [2.24, 2.45) is 0 Å². The van der Waals surface area contributed by atoms with Gasteiger partial charge in [-0.3, -0.25) is 9.78 Å². The minimum Gasteiger partial charge on any atom is -0.347 e. The van der Waals surface area contributed by atoms with Gasteiger partial charge >= 0.3 is 0 Å².